The fraction of sp³-hybridized carbons (Fsp3) is 0.500. The van der Waals surface area contributed by atoms with E-state index in [2.05, 4.69) is 0 Å². The number of nitrogens with two attached hydrogens (primary N) is 1. The van der Waals surface area contributed by atoms with Gasteiger partial charge in [-0.2, -0.15) is 4.31 Å². The van der Waals surface area contributed by atoms with Crippen LogP contribution in [0.25, 0.3) is 0 Å². The topological polar surface area (TPSA) is 116 Å². The minimum Gasteiger partial charge on any atom is -0.393 e. The molecule has 1 aromatic carbocycles. The summed E-state index contributed by atoms with van der Waals surface area (Å²) < 4.78 is 31.3. The van der Waals surface area contributed by atoms with Crippen LogP contribution in [0.4, 0.5) is 11.4 Å². The largest absolute Gasteiger partial charge is 0.393 e. The molecule has 0 aliphatic carbocycles. The lowest BCUT2D eigenvalue weighted by atomic mass is 10.3. The van der Waals surface area contributed by atoms with E-state index in [1.54, 1.807) is 13.8 Å². The molecule has 118 valence electrons. The zero-order valence-corrected chi connectivity index (χ0v) is 13.0. The Hall–Kier alpha value is -1.71. The van der Waals surface area contributed by atoms with Gasteiger partial charge < -0.3 is 10.5 Å². The summed E-state index contributed by atoms with van der Waals surface area (Å²) in [7, 11) is -2.30. The van der Waals surface area contributed by atoms with Crippen molar-refractivity contribution in [3.05, 3.63) is 28.3 Å². The van der Waals surface area contributed by atoms with Gasteiger partial charge in [0.05, 0.1) is 16.4 Å². The van der Waals surface area contributed by atoms with Gasteiger partial charge in [0, 0.05) is 25.8 Å². The van der Waals surface area contributed by atoms with Crippen LogP contribution in [-0.2, 0) is 14.8 Å². The Morgan fingerprint density at radius 3 is 2.52 bits per heavy atom. The number of benzene rings is 1. The molecule has 2 N–H and O–H groups in total. The molecule has 0 saturated carbocycles. The van der Waals surface area contributed by atoms with Gasteiger partial charge in [0.2, 0.25) is 10.0 Å². The Kier molecular flexibility index (Phi) is 5.64. The third-order valence-corrected chi connectivity index (χ3v) is 5.10. The molecule has 1 unspecified atom stereocenters. The monoisotopic (exact) mass is 317 g/mol. The van der Waals surface area contributed by atoms with E-state index in [9.17, 15) is 18.5 Å². The van der Waals surface area contributed by atoms with Crippen LogP contribution >= 0.6 is 0 Å². The second kappa shape index (κ2) is 6.83. The van der Waals surface area contributed by atoms with Gasteiger partial charge in [-0.1, -0.05) is 6.92 Å². The smallest absolute Gasteiger partial charge is 0.292 e. The Morgan fingerprint density at radius 1 is 1.48 bits per heavy atom. The highest BCUT2D eigenvalue weighted by molar-refractivity contribution is 7.89. The molecule has 0 heterocycles. The number of anilines is 1. The fourth-order valence-electron chi connectivity index (χ4n) is 2.04. The van der Waals surface area contributed by atoms with Gasteiger partial charge in [0.15, 0.2) is 0 Å². The molecule has 0 aromatic heterocycles. The molecule has 0 spiro atoms. The van der Waals surface area contributed by atoms with Crippen LogP contribution in [0.5, 0.6) is 0 Å². The minimum atomic E-state index is -3.79. The number of likely N-dealkylation sites (N-methyl/N-ethyl adjacent to an activating group) is 1. The van der Waals surface area contributed by atoms with Crippen molar-refractivity contribution in [2.75, 3.05) is 26.0 Å². The predicted molar refractivity (Wildman–Crippen MR) is 78.4 cm³/mol. The molecule has 0 amide bonds. The zero-order chi connectivity index (χ0) is 16.2. The molecule has 1 rings (SSSR count). The van der Waals surface area contributed by atoms with Crippen LogP contribution in [0.3, 0.4) is 0 Å². The first-order valence-corrected chi connectivity index (χ1v) is 7.74. The number of hydrogen-bond donors (Lipinski definition) is 1. The van der Waals surface area contributed by atoms with Crippen LogP contribution in [0.2, 0.25) is 0 Å². The number of nitro benzene ring substituents is 1. The molecule has 21 heavy (non-hydrogen) atoms. The Balaban J connectivity index is 3.23. The zero-order valence-electron chi connectivity index (χ0n) is 12.1. The molecular formula is C12H19N3O5S. The number of rotatable bonds is 7. The van der Waals surface area contributed by atoms with Gasteiger partial charge in [-0.05, 0) is 19.1 Å². The molecule has 1 atom stereocenters. The third-order valence-electron chi connectivity index (χ3n) is 3.01. The summed E-state index contributed by atoms with van der Waals surface area (Å²) in [5, 5.41) is 10.7. The van der Waals surface area contributed by atoms with E-state index in [-0.39, 0.29) is 35.5 Å². The van der Waals surface area contributed by atoms with Crippen LogP contribution in [0.15, 0.2) is 23.1 Å². The number of nitrogens with zero attached hydrogens (tertiary/aromatic N) is 2. The quantitative estimate of drug-likeness (QED) is 0.459. The number of sulfonamides is 1. The maximum atomic E-state index is 12.6. The summed E-state index contributed by atoms with van der Waals surface area (Å²) in [5.41, 5.74) is 5.04. The first-order valence-electron chi connectivity index (χ1n) is 6.30. The highest BCUT2D eigenvalue weighted by Crippen LogP contribution is 2.27. The van der Waals surface area contributed by atoms with Crippen LogP contribution in [-0.4, -0.2) is 43.9 Å². The molecular weight excluding hydrogens is 298 g/mol. The number of nitrogen functional groups attached to an aromatic ring is 1. The van der Waals surface area contributed by atoms with Crippen molar-refractivity contribution in [1.29, 1.82) is 0 Å². The summed E-state index contributed by atoms with van der Waals surface area (Å²) in [5.74, 6) is 0. The maximum Gasteiger partial charge on any atom is 0.292 e. The molecule has 1 aromatic rings. The van der Waals surface area contributed by atoms with E-state index in [0.717, 1.165) is 12.1 Å². The van der Waals surface area contributed by atoms with Crippen molar-refractivity contribution in [2.24, 2.45) is 0 Å². The van der Waals surface area contributed by atoms with Gasteiger partial charge in [0.1, 0.15) is 5.69 Å². The normalized spacial score (nSPS) is 13.3. The van der Waals surface area contributed by atoms with Gasteiger partial charge in [-0.3, -0.25) is 10.1 Å². The molecule has 9 heteroatoms. The van der Waals surface area contributed by atoms with Gasteiger partial charge in [-0.25, -0.2) is 8.42 Å². The summed E-state index contributed by atoms with van der Waals surface area (Å²) in [6.07, 6.45) is 0. The highest BCUT2D eigenvalue weighted by Gasteiger charge is 2.29. The SMILES string of the molecule is CCN(C(C)COC)S(=O)(=O)c1ccc([N+](=O)[O-])c(N)c1. The Morgan fingerprint density at radius 2 is 2.10 bits per heavy atom. The fourth-order valence-corrected chi connectivity index (χ4v) is 3.70. The van der Waals surface area contributed by atoms with E-state index in [4.69, 9.17) is 10.5 Å². The second-order valence-electron chi connectivity index (χ2n) is 4.49. The molecule has 0 bridgehead atoms. The van der Waals surface area contributed by atoms with E-state index < -0.39 is 14.9 Å². The third kappa shape index (κ3) is 3.69. The summed E-state index contributed by atoms with van der Waals surface area (Å²) in [6, 6.07) is 3.03. The molecule has 0 fully saturated rings. The maximum absolute atomic E-state index is 12.6. The van der Waals surface area contributed by atoms with Crippen LogP contribution in [0.1, 0.15) is 13.8 Å². The van der Waals surface area contributed by atoms with E-state index in [1.165, 1.54) is 17.5 Å². The lowest BCUT2D eigenvalue weighted by Gasteiger charge is -2.26. The van der Waals surface area contributed by atoms with E-state index in [0.29, 0.717) is 0 Å². The predicted octanol–water partition coefficient (Wildman–Crippen LogP) is 1.22. The van der Waals surface area contributed by atoms with Gasteiger partial charge >= 0.3 is 0 Å². The molecule has 0 saturated heterocycles. The van der Waals surface area contributed by atoms with Crippen molar-refractivity contribution in [2.45, 2.75) is 24.8 Å². The lowest BCUT2D eigenvalue weighted by molar-refractivity contribution is -0.383. The van der Waals surface area contributed by atoms with Crippen LogP contribution < -0.4 is 5.73 Å². The van der Waals surface area contributed by atoms with Gasteiger partial charge in [0.25, 0.3) is 5.69 Å². The van der Waals surface area contributed by atoms with E-state index >= 15 is 0 Å². The average Bonchev–Trinajstić information content (AvgIpc) is 2.38. The first kappa shape index (κ1) is 17.3. The Labute approximate surface area is 123 Å². The molecule has 0 radical (unpaired) electrons. The first-order chi connectivity index (χ1) is 9.75. The molecule has 0 aliphatic rings. The Bertz CT molecular complexity index is 617. The standard InChI is InChI=1S/C12H19N3O5S/c1-4-14(9(2)8-20-3)21(18,19)10-5-6-12(15(16)17)11(13)7-10/h5-7,9H,4,8,13H2,1-3H3. The van der Waals surface area contributed by atoms with Gasteiger partial charge in [-0.15, -0.1) is 0 Å². The summed E-state index contributed by atoms with van der Waals surface area (Å²) in [4.78, 5) is 9.99. The number of hydrogen-bond acceptors (Lipinski definition) is 6. The number of methoxy groups -OCH3 is 1. The van der Waals surface area contributed by atoms with E-state index in [1.807, 2.05) is 0 Å². The summed E-state index contributed by atoms with van der Waals surface area (Å²) in [6.45, 7) is 3.93. The average molecular weight is 317 g/mol. The number of ether oxygens (including phenoxy) is 1. The van der Waals surface area contributed by atoms with Crippen molar-refractivity contribution in [3.63, 3.8) is 0 Å². The lowest BCUT2D eigenvalue weighted by Crippen LogP contribution is -2.40. The number of nitro groups is 1. The molecule has 0 aliphatic heterocycles. The van der Waals surface area contributed by atoms with Crippen molar-refractivity contribution < 1.29 is 18.1 Å². The van der Waals surface area contributed by atoms with Crippen molar-refractivity contribution >= 4 is 21.4 Å². The van der Waals surface area contributed by atoms with Crippen LogP contribution in [0, 0.1) is 10.1 Å². The minimum absolute atomic E-state index is 0.0737. The van der Waals surface area contributed by atoms with Crippen molar-refractivity contribution in [1.82, 2.24) is 4.31 Å². The molecule has 8 nitrogen and oxygen atoms in total. The summed E-state index contributed by atoms with van der Waals surface area (Å²) >= 11 is 0. The van der Waals surface area contributed by atoms with Crippen molar-refractivity contribution in [3.8, 4) is 0 Å². The highest BCUT2D eigenvalue weighted by atomic mass is 32.2. The second-order valence-corrected chi connectivity index (χ2v) is 6.38.